The van der Waals surface area contributed by atoms with Crippen molar-refractivity contribution in [2.24, 2.45) is 9.63 Å². The molecule has 0 aromatic heterocycles. The molecule has 0 saturated heterocycles. The number of halogens is 2. The largest absolute Gasteiger partial charge is 0.142 e. The second-order valence-electron chi connectivity index (χ2n) is 4.44. The Morgan fingerprint density at radius 2 is 1.94 bits per heavy atom. The molecule has 0 spiro atoms. The maximum atomic E-state index is 6.09. The van der Waals surface area contributed by atoms with Crippen LogP contribution in [0.25, 0.3) is 0 Å². The molecule has 1 aromatic carbocycles. The quantitative estimate of drug-likeness (QED) is 0.488. The van der Waals surface area contributed by atoms with Crippen LogP contribution in [-0.2, 0) is 0 Å². The number of nitrogens with zero attached hydrogens (tertiary/aromatic N) is 2. The summed E-state index contributed by atoms with van der Waals surface area (Å²) < 4.78 is 5.13. The van der Waals surface area contributed by atoms with Gasteiger partial charge in [0.15, 0.2) is 0 Å². The molecule has 0 aliphatic rings. The highest BCUT2D eigenvalue weighted by molar-refractivity contribution is 9.10. The molecule has 0 amide bonds. The summed E-state index contributed by atoms with van der Waals surface area (Å²) in [4.78, 5) is 0. The summed E-state index contributed by atoms with van der Waals surface area (Å²) in [6.07, 6.45) is 0. The second kappa shape index (κ2) is 5.52. The van der Waals surface area contributed by atoms with Crippen LogP contribution >= 0.6 is 39.5 Å². The van der Waals surface area contributed by atoms with Crippen LogP contribution in [0.2, 0.25) is 5.02 Å². The molecule has 2 nitrogen and oxygen atoms in total. The fourth-order valence-corrected chi connectivity index (χ4v) is 2.38. The molecular weight excluding hydrogens is 308 g/mol. The highest BCUT2D eigenvalue weighted by atomic mass is 79.9. The topological polar surface area (TPSA) is 24.7 Å². The molecule has 0 N–H and O–H groups in total. The molecule has 0 atom stereocenters. The number of hydrogen-bond acceptors (Lipinski definition) is 3. The summed E-state index contributed by atoms with van der Waals surface area (Å²) in [5, 5.41) is 4.78. The van der Waals surface area contributed by atoms with E-state index in [9.17, 15) is 0 Å². The Balaban J connectivity index is 2.90. The molecule has 16 heavy (non-hydrogen) atoms. The van der Waals surface area contributed by atoms with Gasteiger partial charge in [-0.05, 0) is 45.4 Å². The first-order valence-corrected chi connectivity index (χ1v) is 6.79. The predicted octanol–water partition coefficient (Wildman–Crippen LogP) is 5.94. The van der Waals surface area contributed by atoms with Crippen LogP contribution in [0.5, 0.6) is 0 Å². The zero-order valence-electron chi connectivity index (χ0n) is 9.71. The minimum Gasteiger partial charge on any atom is -0.142 e. The summed E-state index contributed by atoms with van der Waals surface area (Å²) in [6, 6.07) is 3.80. The lowest BCUT2D eigenvalue weighted by atomic mass is 10.2. The van der Waals surface area contributed by atoms with Crippen molar-refractivity contribution < 1.29 is 0 Å². The van der Waals surface area contributed by atoms with Gasteiger partial charge in [0.05, 0.1) is 5.02 Å². The molecule has 0 bridgehead atoms. The molecule has 1 aromatic rings. The number of aryl methyl sites for hydroxylation is 1. The molecule has 0 aliphatic heterocycles. The number of rotatable bonds is 2. The van der Waals surface area contributed by atoms with Crippen molar-refractivity contribution in [1.82, 2.24) is 0 Å². The van der Waals surface area contributed by atoms with Gasteiger partial charge in [0.1, 0.15) is 5.69 Å². The maximum absolute atomic E-state index is 6.09. The highest BCUT2D eigenvalue weighted by Crippen LogP contribution is 2.34. The Bertz CT molecular complexity index is 390. The van der Waals surface area contributed by atoms with E-state index in [1.54, 1.807) is 0 Å². The van der Waals surface area contributed by atoms with Gasteiger partial charge < -0.3 is 0 Å². The molecule has 88 valence electrons. The lowest BCUT2D eigenvalue weighted by molar-refractivity contribution is 0.802. The zero-order valence-corrected chi connectivity index (χ0v) is 12.9. The predicted molar refractivity (Wildman–Crippen MR) is 75.7 cm³/mol. The molecule has 0 saturated carbocycles. The third-order valence-corrected chi connectivity index (χ3v) is 3.13. The van der Waals surface area contributed by atoms with Crippen molar-refractivity contribution in [3.05, 3.63) is 27.2 Å². The Hall–Kier alpha value is -0.0600. The SMILES string of the molecule is Cc1cc(Br)cc(Cl)c1/N=N/SC(C)(C)C. The van der Waals surface area contributed by atoms with Crippen molar-refractivity contribution in [2.45, 2.75) is 32.4 Å². The molecule has 1 rings (SSSR count). The van der Waals surface area contributed by atoms with Crippen LogP contribution in [0, 0.1) is 6.92 Å². The van der Waals surface area contributed by atoms with Crippen LogP contribution in [0.4, 0.5) is 5.69 Å². The third kappa shape index (κ3) is 4.44. The van der Waals surface area contributed by atoms with E-state index in [4.69, 9.17) is 11.6 Å². The van der Waals surface area contributed by atoms with Gasteiger partial charge in [-0.15, -0.1) is 9.63 Å². The van der Waals surface area contributed by atoms with Crippen LogP contribution < -0.4 is 0 Å². The van der Waals surface area contributed by atoms with Gasteiger partial charge in [0, 0.05) is 21.2 Å². The average molecular weight is 322 g/mol. The lowest BCUT2D eigenvalue weighted by Crippen LogP contribution is -2.04. The Morgan fingerprint density at radius 3 is 2.44 bits per heavy atom. The first kappa shape index (κ1) is 14.0. The zero-order chi connectivity index (χ0) is 12.3. The summed E-state index contributed by atoms with van der Waals surface area (Å²) in [7, 11) is 0. The Morgan fingerprint density at radius 1 is 1.31 bits per heavy atom. The molecule has 0 radical (unpaired) electrons. The average Bonchev–Trinajstić information content (AvgIpc) is 2.07. The first-order valence-electron chi connectivity index (χ1n) is 4.84. The van der Waals surface area contributed by atoms with Crippen LogP contribution in [0.3, 0.4) is 0 Å². The van der Waals surface area contributed by atoms with E-state index in [1.807, 2.05) is 19.1 Å². The molecule has 0 unspecified atom stereocenters. The van der Waals surface area contributed by atoms with E-state index in [1.165, 1.54) is 11.9 Å². The van der Waals surface area contributed by atoms with Crippen molar-refractivity contribution in [3.8, 4) is 0 Å². The van der Waals surface area contributed by atoms with E-state index in [2.05, 4.69) is 46.3 Å². The van der Waals surface area contributed by atoms with Gasteiger partial charge in [-0.1, -0.05) is 27.5 Å². The van der Waals surface area contributed by atoms with Crippen molar-refractivity contribution in [2.75, 3.05) is 0 Å². The first-order chi connectivity index (χ1) is 7.29. The van der Waals surface area contributed by atoms with Gasteiger partial charge in [-0.25, -0.2) is 0 Å². The van der Waals surface area contributed by atoms with Crippen molar-refractivity contribution in [3.63, 3.8) is 0 Å². The van der Waals surface area contributed by atoms with Crippen LogP contribution in [0.15, 0.2) is 26.2 Å². The second-order valence-corrected chi connectivity index (χ2v) is 7.33. The van der Waals surface area contributed by atoms with Gasteiger partial charge in [-0.2, -0.15) is 0 Å². The van der Waals surface area contributed by atoms with E-state index >= 15 is 0 Å². The van der Waals surface area contributed by atoms with Crippen LogP contribution in [0.1, 0.15) is 26.3 Å². The lowest BCUT2D eigenvalue weighted by Gasteiger charge is -2.11. The fraction of sp³-hybridized carbons (Fsp3) is 0.455. The highest BCUT2D eigenvalue weighted by Gasteiger charge is 2.11. The molecular formula is C11H14BrClN2S. The molecule has 0 fully saturated rings. The molecule has 0 aliphatic carbocycles. The summed E-state index contributed by atoms with van der Waals surface area (Å²) >= 11 is 10.9. The maximum Gasteiger partial charge on any atom is 0.108 e. The standard InChI is InChI=1S/C11H14BrClN2S/c1-7-5-8(12)6-9(13)10(7)14-15-16-11(2,3)4/h5-6H,1-4H3/b15-14+. The van der Waals surface area contributed by atoms with E-state index in [0.29, 0.717) is 5.02 Å². The normalized spacial score (nSPS) is 12.4. The van der Waals surface area contributed by atoms with Gasteiger partial charge in [0.25, 0.3) is 0 Å². The molecule has 0 heterocycles. The number of hydrogen-bond donors (Lipinski definition) is 0. The summed E-state index contributed by atoms with van der Waals surface area (Å²) in [5.74, 6) is 0. The van der Waals surface area contributed by atoms with Crippen molar-refractivity contribution >= 4 is 45.2 Å². The van der Waals surface area contributed by atoms with Gasteiger partial charge in [0.2, 0.25) is 0 Å². The van der Waals surface area contributed by atoms with Crippen molar-refractivity contribution in [1.29, 1.82) is 0 Å². The smallest absolute Gasteiger partial charge is 0.108 e. The van der Waals surface area contributed by atoms with Gasteiger partial charge in [-0.3, -0.25) is 0 Å². The van der Waals surface area contributed by atoms with E-state index in [-0.39, 0.29) is 4.75 Å². The monoisotopic (exact) mass is 320 g/mol. The summed E-state index contributed by atoms with van der Waals surface area (Å²) in [6.45, 7) is 8.24. The summed E-state index contributed by atoms with van der Waals surface area (Å²) in [5.41, 5.74) is 1.75. The fourth-order valence-electron chi connectivity index (χ4n) is 1.00. The van der Waals surface area contributed by atoms with E-state index in [0.717, 1.165) is 15.7 Å². The van der Waals surface area contributed by atoms with Crippen LogP contribution in [-0.4, -0.2) is 4.75 Å². The minimum atomic E-state index is 0.0687. The van der Waals surface area contributed by atoms with Gasteiger partial charge >= 0.3 is 0 Å². The third-order valence-electron chi connectivity index (χ3n) is 1.67. The molecule has 5 heteroatoms. The minimum absolute atomic E-state index is 0.0687. The Labute approximate surface area is 114 Å². The number of benzene rings is 1. The Kier molecular flexibility index (Phi) is 4.83. The van der Waals surface area contributed by atoms with E-state index < -0.39 is 0 Å².